The molecule has 0 saturated carbocycles. The molecule has 8 nitrogen and oxygen atoms in total. The first kappa shape index (κ1) is 27.5. The van der Waals surface area contributed by atoms with Gasteiger partial charge in [0.15, 0.2) is 15.0 Å². The van der Waals surface area contributed by atoms with Crippen LogP contribution in [0, 0.1) is 0 Å². The number of anilines is 2. The van der Waals surface area contributed by atoms with Gasteiger partial charge in [0.2, 0.25) is 0 Å². The Labute approximate surface area is 237 Å². The molecule has 0 aliphatic rings. The second-order valence-electron chi connectivity index (χ2n) is 9.11. The van der Waals surface area contributed by atoms with Crippen LogP contribution < -0.4 is 9.21 Å². The van der Waals surface area contributed by atoms with E-state index in [1.165, 1.54) is 57.9 Å². The standard InChI is InChI=1S/C29H25N3O5S3/c1-31(23-11-7-4-8-12-23)40(36,37)24-15-13-22(14-16-24)28(33)32(20-21-9-5-3-6-10-21)29-30-26-18-17-25(39(2,34)35)19-27(26)38-29/h3-19H,20H2,1-2H3. The van der Waals surface area contributed by atoms with Gasteiger partial charge in [0.05, 0.1) is 32.2 Å². The third kappa shape index (κ3) is 5.62. The van der Waals surface area contributed by atoms with Crippen molar-refractivity contribution in [3.63, 3.8) is 0 Å². The van der Waals surface area contributed by atoms with Gasteiger partial charge in [-0.1, -0.05) is 59.9 Å². The highest BCUT2D eigenvalue weighted by Crippen LogP contribution is 2.33. The highest BCUT2D eigenvalue weighted by Gasteiger charge is 2.25. The van der Waals surface area contributed by atoms with Crippen molar-refractivity contribution < 1.29 is 21.6 Å². The van der Waals surface area contributed by atoms with E-state index in [4.69, 9.17) is 0 Å². The number of benzene rings is 4. The number of amides is 1. The van der Waals surface area contributed by atoms with E-state index in [1.54, 1.807) is 36.4 Å². The highest BCUT2D eigenvalue weighted by atomic mass is 32.2. The highest BCUT2D eigenvalue weighted by molar-refractivity contribution is 7.92. The van der Waals surface area contributed by atoms with Crippen LogP contribution in [-0.4, -0.2) is 41.0 Å². The fourth-order valence-electron chi connectivity index (χ4n) is 4.09. The summed E-state index contributed by atoms with van der Waals surface area (Å²) in [6.07, 6.45) is 1.14. The van der Waals surface area contributed by atoms with Crippen LogP contribution in [0.1, 0.15) is 15.9 Å². The molecule has 0 fully saturated rings. The average molecular weight is 592 g/mol. The fourth-order valence-corrected chi connectivity index (χ4v) is 7.01. The predicted octanol–water partition coefficient (Wildman–Crippen LogP) is 5.37. The monoisotopic (exact) mass is 591 g/mol. The Balaban J connectivity index is 1.49. The van der Waals surface area contributed by atoms with Gasteiger partial charge < -0.3 is 0 Å². The van der Waals surface area contributed by atoms with E-state index in [0.717, 1.165) is 11.8 Å². The van der Waals surface area contributed by atoms with Gasteiger partial charge in [0, 0.05) is 18.9 Å². The lowest BCUT2D eigenvalue weighted by Crippen LogP contribution is -2.30. The van der Waals surface area contributed by atoms with Crippen molar-refractivity contribution >= 4 is 58.1 Å². The van der Waals surface area contributed by atoms with Gasteiger partial charge in [0.1, 0.15) is 0 Å². The van der Waals surface area contributed by atoms with E-state index >= 15 is 0 Å². The molecule has 11 heteroatoms. The summed E-state index contributed by atoms with van der Waals surface area (Å²) in [4.78, 5) is 20.2. The molecule has 1 aromatic heterocycles. The number of hydrogen-bond donors (Lipinski definition) is 0. The van der Waals surface area contributed by atoms with Gasteiger partial charge in [-0.05, 0) is 60.2 Å². The number of sulfonamides is 1. The average Bonchev–Trinajstić information content (AvgIpc) is 3.39. The quantitative estimate of drug-likeness (QED) is 0.240. The third-order valence-electron chi connectivity index (χ3n) is 6.32. The van der Waals surface area contributed by atoms with Crippen molar-refractivity contribution in [2.45, 2.75) is 16.3 Å². The normalized spacial score (nSPS) is 11.8. The number of thiazole rings is 1. The Morgan fingerprint density at radius 3 is 2.02 bits per heavy atom. The first-order valence-corrected chi connectivity index (χ1v) is 16.3. The Morgan fingerprint density at radius 1 is 0.800 bits per heavy atom. The summed E-state index contributed by atoms with van der Waals surface area (Å²) in [6, 6.07) is 28.6. The minimum absolute atomic E-state index is 0.0540. The number of fused-ring (bicyclic) bond motifs is 1. The van der Waals surface area contributed by atoms with E-state index in [0.29, 0.717) is 21.0 Å². The van der Waals surface area contributed by atoms with E-state index in [-0.39, 0.29) is 27.8 Å². The summed E-state index contributed by atoms with van der Waals surface area (Å²) in [5.41, 5.74) is 2.25. The van der Waals surface area contributed by atoms with E-state index in [1.807, 2.05) is 36.4 Å². The molecule has 0 saturated heterocycles. The predicted molar refractivity (Wildman–Crippen MR) is 158 cm³/mol. The van der Waals surface area contributed by atoms with E-state index < -0.39 is 19.9 Å². The summed E-state index contributed by atoms with van der Waals surface area (Å²) >= 11 is 1.21. The van der Waals surface area contributed by atoms with Crippen molar-refractivity contribution in [2.75, 3.05) is 22.5 Å². The van der Waals surface area contributed by atoms with Crippen LogP contribution in [0.2, 0.25) is 0 Å². The molecule has 5 rings (SSSR count). The first-order valence-electron chi connectivity index (χ1n) is 12.1. The van der Waals surface area contributed by atoms with Gasteiger partial charge in [-0.25, -0.2) is 21.8 Å². The summed E-state index contributed by atoms with van der Waals surface area (Å²) in [5, 5.41) is 0.398. The lowest BCUT2D eigenvalue weighted by Gasteiger charge is -2.21. The molecular formula is C29H25N3O5S3. The van der Waals surface area contributed by atoms with Crippen LogP contribution in [0.25, 0.3) is 10.2 Å². The molecule has 0 atom stereocenters. The number of aromatic nitrogens is 1. The van der Waals surface area contributed by atoms with Gasteiger partial charge in [-0.2, -0.15) is 0 Å². The molecule has 1 heterocycles. The first-order chi connectivity index (χ1) is 19.0. The molecule has 204 valence electrons. The molecule has 0 unspecified atom stereocenters. The Kier molecular flexibility index (Phi) is 7.45. The molecule has 0 spiro atoms. The van der Waals surface area contributed by atoms with E-state index in [9.17, 15) is 21.6 Å². The molecule has 40 heavy (non-hydrogen) atoms. The summed E-state index contributed by atoms with van der Waals surface area (Å²) in [5.74, 6) is -0.369. The zero-order chi connectivity index (χ0) is 28.5. The minimum atomic E-state index is -3.84. The zero-order valence-electron chi connectivity index (χ0n) is 21.6. The Hall–Kier alpha value is -4.06. The van der Waals surface area contributed by atoms with Crippen LogP contribution in [0.4, 0.5) is 10.8 Å². The van der Waals surface area contributed by atoms with Crippen LogP contribution in [0.5, 0.6) is 0 Å². The number of carbonyl (C=O) groups excluding carboxylic acids is 1. The van der Waals surface area contributed by atoms with Crippen molar-refractivity contribution in [3.05, 3.63) is 114 Å². The topological polar surface area (TPSA) is 105 Å². The Morgan fingerprint density at radius 2 is 1.40 bits per heavy atom. The fraction of sp³-hybridized carbons (Fsp3) is 0.103. The molecule has 0 radical (unpaired) electrons. The van der Waals surface area contributed by atoms with E-state index in [2.05, 4.69) is 4.98 Å². The third-order valence-corrected chi connectivity index (χ3v) is 10.3. The molecule has 0 N–H and O–H groups in total. The molecule has 0 bridgehead atoms. The minimum Gasteiger partial charge on any atom is -0.279 e. The molecule has 4 aromatic carbocycles. The number of nitrogens with zero attached hydrogens (tertiary/aromatic N) is 3. The molecule has 0 aliphatic heterocycles. The van der Waals surface area contributed by atoms with Gasteiger partial charge in [-0.15, -0.1) is 0 Å². The number of carbonyl (C=O) groups is 1. The second kappa shape index (κ2) is 10.8. The maximum atomic E-state index is 13.8. The maximum absolute atomic E-state index is 13.8. The molecule has 0 aliphatic carbocycles. The van der Waals surface area contributed by atoms with Crippen LogP contribution >= 0.6 is 11.3 Å². The van der Waals surface area contributed by atoms with Crippen LogP contribution in [-0.2, 0) is 26.4 Å². The maximum Gasteiger partial charge on any atom is 0.264 e. The summed E-state index contributed by atoms with van der Waals surface area (Å²) < 4.78 is 52.3. The summed E-state index contributed by atoms with van der Waals surface area (Å²) in [6.45, 7) is 0.217. The number of rotatable bonds is 8. The van der Waals surface area contributed by atoms with Gasteiger partial charge >= 0.3 is 0 Å². The van der Waals surface area contributed by atoms with Gasteiger partial charge in [0.25, 0.3) is 15.9 Å². The number of para-hydroxylation sites is 1. The number of hydrogen-bond acceptors (Lipinski definition) is 7. The van der Waals surface area contributed by atoms with Crippen LogP contribution in [0.3, 0.4) is 0 Å². The molecule has 1 amide bonds. The smallest absolute Gasteiger partial charge is 0.264 e. The van der Waals surface area contributed by atoms with Crippen molar-refractivity contribution in [2.24, 2.45) is 0 Å². The zero-order valence-corrected chi connectivity index (χ0v) is 24.1. The largest absolute Gasteiger partial charge is 0.279 e. The van der Waals surface area contributed by atoms with Crippen molar-refractivity contribution in [1.29, 1.82) is 0 Å². The lowest BCUT2D eigenvalue weighted by molar-refractivity contribution is 0.0985. The Bertz CT molecular complexity index is 1890. The number of sulfone groups is 1. The van der Waals surface area contributed by atoms with Crippen molar-refractivity contribution in [3.8, 4) is 0 Å². The second-order valence-corrected chi connectivity index (χ2v) is 14.1. The summed E-state index contributed by atoms with van der Waals surface area (Å²) in [7, 11) is -5.77. The molecular weight excluding hydrogens is 567 g/mol. The van der Waals surface area contributed by atoms with Crippen molar-refractivity contribution in [1.82, 2.24) is 4.98 Å². The van der Waals surface area contributed by atoms with Crippen LogP contribution in [0.15, 0.2) is 113 Å². The SMILES string of the molecule is CN(c1ccccc1)S(=O)(=O)c1ccc(C(=O)N(Cc2ccccc2)c2nc3ccc(S(C)(=O)=O)cc3s2)cc1. The van der Waals surface area contributed by atoms with Gasteiger partial charge in [-0.3, -0.25) is 14.0 Å². The molecule has 5 aromatic rings. The lowest BCUT2D eigenvalue weighted by atomic mass is 10.1.